The number of hydrogen-bond acceptors (Lipinski definition) is 3. The standard InChI is InChI=1S/C23H21NO2/c1-14-10-15(2)21(16(3)11-14)23-20(13-25)22(24-26-23)19-9-8-17-6-4-5-7-18(17)12-19/h4-12,25H,13H2,1-3H3. The van der Waals surface area contributed by atoms with Crippen LogP contribution in [-0.2, 0) is 6.61 Å². The zero-order chi connectivity index (χ0) is 18.3. The number of aryl methyl sites for hydroxylation is 3. The molecule has 3 aromatic carbocycles. The number of hydrogen-bond donors (Lipinski definition) is 1. The maximum atomic E-state index is 10.1. The summed E-state index contributed by atoms with van der Waals surface area (Å²) in [5, 5.41) is 16.7. The summed E-state index contributed by atoms with van der Waals surface area (Å²) < 4.78 is 5.73. The average Bonchev–Trinajstić information content (AvgIpc) is 3.04. The molecule has 1 aromatic heterocycles. The first-order chi connectivity index (χ1) is 12.6. The first-order valence-electron chi connectivity index (χ1n) is 8.75. The quantitative estimate of drug-likeness (QED) is 0.528. The summed E-state index contributed by atoms with van der Waals surface area (Å²) >= 11 is 0. The number of aliphatic hydroxyl groups is 1. The van der Waals surface area contributed by atoms with E-state index in [1.807, 2.05) is 18.2 Å². The first kappa shape index (κ1) is 16.6. The van der Waals surface area contributed by atoms with Crippen molar-refractivity contribution < 1.29 is 9.63 Å². The second-order valence-electron chi connectivity index (χ2n) is 6.83. The molecule has 3 nitrogen and oxygen atoms in total. The molecule has 130 valence electrons. The predicted molar refractivity (Wildman–Crippen MR) is 105 cm³/mol. The number of fused-ring (bicyclic) bond motifs is 1. The molecule has 0 spiro atoms. The van der Waals surface area contributed by atoms with Crippen molar-refractivity contribution in [2.45, 2.75) is 27.4 Å². The zero-order valence-electron chi connectivity index (χ0n) is 15.2. The Morgan fingerprint density at radius 3 is 2.27 bits per heavy atom. The fraction of sp³-hybridized carbons (Fsp3) is 0.174. The molecule has 0 radical (unpaired) electrons. The Balaban J connectivity index is 1.90. The summed E-state index contributed by atoms with van der Waals surface area (Å²) in [5.74, 6) is 0.658. The lowest BCUT2D eigenvalue weighted by atomic mass is 9.94. The van der Waals surface area contributed by atoms with E-state index in [4.69, 9.17) is 4.52 Å². The van der Waals surface area contributed by atoms with Gasteiger partial charge >= 0.3 is 0 Å². The fourth-order valence-corrected chi connectivity index (χ4v) is 3.75. The molecule has 1 N–H and O–H groups in total. The van der Waals surface area contributed by atoms with Crippen molar-refractivity contribution in [1.82, 2.24) is 5.16 Å². The Morgan fingerprint density at radius 1 is 0.885 bits per heavy atom. The highest BCUT2D eigenvalue weighted by atomic mass is 16.5. The highest BCUT2D eigenvalue weighted by Gasteiger charge is 2.21. The third-order valence-corrected chi connectivity index (χ3v) is 4.87. The van der Waals surface area contributed by atoms with E-state index in [0.717, 1.165) is 33.2 Å². The second kappa shape index (κ2) is 6.43. The molecule has 0 saturated heterocycles. The molecular weight excluding hydrogens is 322 g/mol. The first-order valence-corrected chi connectivity index (χ1v) is 8.75. The number of aromatic nitrogens is 1. The van der Waals surface area contributed by atoms with E-state index in [0.29, 0.717) is 11.5 Å². The molecule has 0 aliphatic carbocycles. The lowest BCUT2D eigenvalue weighted by Gasteiger charge is -2.10. The van der Waals surface area contributed by atoms with Gasteiger partial charge in [0.25, 0.3) is 0 Å². The Bertz CT molecular complexity index is 1090. The van der Waals surface area contributed by atoms with Crippen molar-refractivity contribution in [3.8, 4) is 22.6 Å². The molecule has 0 aliphatic heterocycles. The van der Waals surface area contributed by atoms with Crippen molar-refractivity contribution in [2.24, 2.45) is 0 Å². The lowest BCUT2D eigenvalue weighted by molar-refractivity contribution is 0.281. The molecule has 0 atom stereocenters. The van der Waals surface area contributed by atoms with E-state index in [2.05, 4.69) is 62.3 Å². The summed E-state index contributed by atoms with van der Waals surface area (Å²) in [4.78, 5) is 0. The molecule has 0 unspecified atom stereocenters. The second-order valence-corrected chi connectivity index (χ2v) is 6.83. The van der Waals surface area contributed by atoms with Crippen molar-refractivity contribution in [1.29, 1.82) is 0 Å². The van der Waals surface area contributed by atoms with Crippen LogP contribution in [0.15, 0.2) is 59.1 Å². The van der Waals surface area contributed by atoms with E-state index < -0.39 is 0 Å². The molecule has 1 heterocycles. The van der Waals surface area contributed by atoms with E-state index in [-0.39, 0.29) is 6.61 Å². The maximum absolute atomic E-state index is 10.1. The van der Waals surface area contributed by atoms with Crippen LogP contribution >= 0.6 is 0 Å². The van der Waals surface area contributed by atoms with Gasteiger partial charge in [-0.15, -0.1) is 0 Å². The van der Waals surface area contributed by atoms with Gasteiger partial charge in [-0.2, -0.15) is 0 Å². The Labute approximate surface area is 152 Å². The molecule has 0 amide bonds. The number of rotatable bonds is 3. The smallest absolute Gasteiger partial charge is 0.173 e. The van der Waals surface area contributed by atoms with Crippen LogP contribution in [0.5, 0.6) is 0 Å². The SMILES string of the molecule is Cc1cc(C)c(-c2onc(-c3ccc4ccccc4c3)c2CO)c(C)c1. The highest BCUT2D eigenvalue weighted by Crippen LogP contribution is 2.36. The van der Waals surface area contributed by atoms with Crippen molar-refractivity contribution >= 4 is 10.8 Å². The van der Waals surface area contributed by atoms with Crippen LogP contribution in [-0.4, -0.2) is 10.3 Å². The van der Waals surface area contributed by atoms with E-state index in [9.17, 15) is 5.11 Å². The van der Waals surface area contributed by atoms with Crippen LogP contribution in [0.25, 0.3) is 33.4 Å². The van der Waals surface area contributed by atoms with Crippen LogP contribution in [0.1, 0.15) is 22.3 Å². The average molecular weight is 343 g/mol. The van der Waals surface area contributed by atoms with E-state index in [1.165, 1.54) is 10.9 Å². The normalized spacial score (nSPS) is 11.2. The van der Waals surface area contributed by atoms with Gasteiger partial charge in [-0.05, 0) is 48.7 Å². The maximum Gasteiger partial charge on any atom is 0.173 e. The van der Waals surface area contributed by atoms with Gasteiger partial charge in [0.2, 0.25) is 0 Å². The lowest BCUT2D eigenvalue weighted by Crippen LogP contribution is -1.94. The van der Waals surface area contributed by atoms with Gasteiger partial charge < -0.3 is 9.63 Å². The van der Waals surface area contributed by atoms with Gasteiger partial charge in [0, 0.05) is 11.1 Å². The third kappa shape index (κ3) is 2.71. The molecule has 0 fully saturated rings. The molecule has 0 bridgehead atoms. The van der Waals surface area contributed by atoms with E-state index in [1.54, 1.807) is 0 Å². The van der Waals surface area contributed by atoms with Crippen LogP contribution in [0.4, 0.5) is 0 Å². The number of benzene rings is 3. The van der Waals surface area contributed by atoms with Crippen molar-refractivity contribution in [2.75, 3.05) is 0 Å². The van der Waals surface area contributed by atoms with Crippen LogP contribution in [0, 0.1) is 20.8 Å². The fourth-order valence-electron chi connectivity index (χ4n) is 3.75. The number of nitrogens with zero attached hydrogens (tertiary/aromatic N) is 1. The largest absolute Gasteiger partial charge is 0.391 e. The Morgan fingerprint density at radius 2 is 1.58 bits per heavy atom. The molecule has 0 aliphatic rings. The Hall–Kier alpha value is -2.91. The summed E-state index contributed by atoms with van der Waals surface area (Å²) in [6.07, 6.45) is 0. The van der Waals surface area contributed by atoms with E-state index >= 15 is 0 Å². The van der Waals surface area contributed by atoms with Crippen LogP contribution in [0.3, 0.4) is 0 Å². The molecule has 4 aromatic rings. The zero-order valence-corrected chi connectivity index (χ0v) is 15.2. The van der Waals surface area contributed by atoms with Gasteiger partial charge in [-0.3, -0.25) is 0 Å². The highest BCUT2D eigenvalue weighted by molar-refractivity contribution is 5.88. The van der Waals surface area contributed by atoms with Gasteiger partial charge in [0.05, 0.1) is 12.2 Å². The molecule has 26 heavy (non-hydrogen) atoms. The van der Waals surface area contributed by atoms with Gasteiger partial charge in [-0.1, -0.05) is 59.3 Å². The Kier molecular flexibility index (Phi) is 4.09. The van der Waals surface area contributed by atoms with Gasteiger partial charge in [-0.25, -0.2) is 0 Å². The van der Waals surface area contributed by atoms with Crippen molar-refractivity contribution in [3.63, 3.8) is 0 Å². The molecule has 4 rings (SSSR count). The molecular formula is C23H21NO2. The minimum absolute atomic E-state index is 0.117. The third-order valence-electron chi connectivity index (χ3n) is 4.87. The summed E-state index contributed by atoms with van der Waals surface area (Å²) in [6.45, 7) is 6.09. The minimum atomic E-state index is -0.117. The van der Waals surface area contributed by atoms with Crippen LogP contribution < -0.4 is 0 Å². The van der Waals surface area contributed by atoms with Crippen LogP contribution in [0.2, 0.25) is 0 Å². The molecule has 3 heteroatoms. The predicted octanol–water partition coefficient (Wildman–Crippen LogP) is 5.58. The summed E-state index contributed by atoms with van der Waals surface area (Å²) in [6, 6.07) is 18.6. The van der Waals surface area contributed by atoms with Gasteiger partial charge in [0.1, 0.15) is 5.69 Å². The van der Waals surface area contributed by atoms with Crippen molar-refractivity contribution in [3.05, 3.63) is 76.9 Å². The number of aliphatic hydroxyl groups excluding tert-OH is 1. The summed E-state index contributed by atoms with van der Waals surface area (Å²) in [7, 11) is 0. The monoisotopic (exact) mass is 343 g/mol. The summed E-state index contributed by atoms with van der Waals surface area (Å²) in [5.41, 5.74) is 6.85. The minimum Gasteiger partial charge on any atom is -0.391 e. The molecule has 0 saturated carbocycles. The van der Waals surface area contributed by atoms with Gasteiger partial charge in [0.15, 0.2) is 5.76 Å². The topological polar surface area (TPSA) is 46.3 Å².